The molecule has 0 radical (unpaired) electrons. The first-order valence-electron chi connectivity index (χ1n) is 5.45. The molecule has 102 valence electrons. The van der Waals surface area contributed by atoms with Gasteiger partial charge in [0.25, 0.3) is 11.6 Å². The van der Waals surface area contributed by atoms with Gasteiger partial charge in [0, 0.05) is 6.20 Å². The Hall–Kier alpha value is -3.03. The van der Waals surface area contributed by atoms with Crippen LogP contribution in [0.2, 0.25) is 0 Å². The Kier molecular flexibility index (Phi) is 3.56. The Bertz CT molecular complexity index is 676. The minimum absolute atomic E-state index is 0.217. The number of nitrogen functional groups attached to an aromatic ring is 1. The number of hydrogen-bond donors (Lipinski definition) is 2. The number of carbonyl (C=O) groups excluding carboxylic acids is 1. The molecule has 8 heteroatoms. The number of carbonyl (C=O) groups is 1. The van der Waals surface area contributed by atoms with Crippen molar-refractivity contribution in [2.45, 2.75) is 0 Å². The van der Waals surface area contributed by atoms with Gasteiger partial charge < -0.3 is 11.1 Å². The highest BCUT2D eigenvalue weighted by Gasteiger charge is 2.23. The van der Waals surface area contributed by atoms with Gasteiger partial charge in [-0.15, -0.1) is 0 Å². The third kappa shape index (κ3) is 2.69. The Morgan fingerprint density at radius 2 is 2.15 bits per heavy atom. The molecule has 2 rings (SSSR count). The van der Waals surface area contributed by atoms with Crippen LogP contribution in [0.25, 0.3) is 0 Å². The summed E-state index contributed by atoms with van der Waals surface area (Å²) in [5.74, 6) is -1.53. The lowest BCUT2D eigenvalue weighted by molar-refractivity contribution is -0.385. The van der Waals surface area contributed by atoms with Gasteiger partial charge in [0.1, 0.15) is 11.4 Å². The number of amides is 1. The van der Waals surface area contributed by atoms with E-state index in [4.69, 9.17) is 5.73 Å². The van der Waals surface area contributed by atoms with Crippen molar-refractivity contribution < 1.29 is 14.1 Å². The van der Waals surface area contributed by atoms with Crippen molar-refractivity contribution in [3.8, 4) is 0 Å². The molecular weight excluding hydrogens is 267 g/mol. The van der Waals surface area contributed by atoms with Crippen LogP contribution in [-0.4, -0.2) is 15.8 Å². The molecular formula is C12H9FN4O3. The molecule has 0 aliphatic heterocycles. The van der Waals surface area contributed by atoms with Gasteiger partial charge in [-0.05, 0) is 18.2 Å². The maximum Gasteiger partial charge on any atom is 0.285 e. The SMILES string of the molecule is Nc1cc(C(=O)Nc2ccccn2)c([N+](=O)[O-])cc1F. The molecule has 0 bridgehead atoms. The number of aromatic nitrogens is 1. The van der Waals surface area contributed by atoms with Crippen LogP contribution in [0.3, 0.4) is 0 Å². The average Bonchev–Trinajstić information content (AvgIpc) is 2.42. The van der Waals surface area contributed by atoms with E-state index in [1.807, 2.05) is 0 Å². The molecule has 1 heterocycles. The molecule has 20 heavy (non-hydrogen) atoms. The summed E-state index contributed by atoms with van der Waals surface area (Å²) in [4.78, 5) is 25.8. The van der Waals surface area contributed by atoms with Gasteiger partial charge in [-0.25, -0.2) is 9.37 Å². The van der Waals surface area contributed by atoms with Gasteiger partial charge >= 0.3 is 0 Å². The Balaban J connectivity index is 2.39. The maximum atomic E-state index is 13.2. The minimum Gasteiger partial charge on any atom is -0.396 e. The maximum absolute atomic E-state index is 13.2. The molecule has 0 atom stereocenters. The molecule has 1 aromatic heterocycles. The number of benzene rings is 1. The first-order valence-corrected chi connectivity index (χ1v) is 5.45. The highest BCUT2D eigenvalue weighted by molar-refractivity contribution is 6.07. The molecule has 0 aliphatic carbocycles. The van der Waals surface area contributed by atoms with Crippen LogP contribution < -0.4 is 11.1 Å². The van der Waals surface area contributed by atoms with Crippen LogP contribution in [0.15, 0.2) is 36.5 Å². The van der Waals surface area contributed by atoms with Crippen molar-refractivity contribution in [1.29, 1.82) is 0 Å². The van der Waals surface area contributed by atoms with Crippen molar-refractivity contribution >= 4 is 23.1 Å². The fourth-order valence-corrected chi connectivity index (χ4v) is 1.53. The number of nitro groups is 1. The highest BCUT2D eigenvalue weighted by Crippen LogP contribution is 2.25. The van der Waals surface area contributed by atoms with Gasteiger partial charge in [0.15, 0.2) is 5.82 Å². The average molecular weight is 276 g/mol. The molecule has 1 aromatic carbocycles. The lowest BCUT2D eigenvalue weighted by Gasteiger charge is -2.06. The van der Waals surface area contributed by atoms with Crippen molar-refractivity contribution in [1.82, 2.24) is 4.98 Å². The second kappa shape index (κ2) is 5.31. The van der Waals surface area contributed by atoms with Gasteiger partial charge in [-0.2, -0.15) is 0 Å². The first-order chi connectivity index (χ1) is 9.49. The zero-order chi connectivity index (χ0) is 14.7. The zero-order valence-corrected chi connectivity index (χ0v) is 10.0. The fraction of sp³-hybridized carbons (Fsp3) is 0. The number of pyridine rings is 1. The predicted molar refractivity (Wildman–Crippen MR) is 69.7 cm³/mol. The van der Waals surface area contributed by atoms with E-state index >= 15 is 0 Å². The minimum atomic E-state index is -0.953. The van der Waals surface area contributed by atoms with E-state index in [9.17, 15) is 19.3 Å². The predicted octanol–water partition coefficient (Wildman–Crippen LogP) is 1.96. The van der Waals surface area contributed by atoms with E-state index < -0.39 is 22.3 Å². The molecule has 0 saturated carbocycles. The van der Waals surface area contributed by atoms with Crippen molar-refractivity contribution in [2.75, 3.05) is 11.1 Å². The number of nitrogens with zero attached hydrogens (tertiary/aromatic N) is 2. The Morgan fingerprint density at radius 3 is 2.75 bits per heavy atom. The van der Waals surface area contributed by atoms with E-state index in [1.165, 1.54) is 12.3 Å². The summed E-state index contributed by atoms with van der Waals surface area (Å²) in [6.45, 7) is 0. The first kappa shape index (κ1) is 13.4. The number of halogens is 1. The summed E-state index contributed by atoms with van der Waals surface area (Å²) in [5.41, 5.74) is 3.99. The van der Waals surface area contributed by atoms with Crippen LogP contribution >= 0.6 is 0 Å². The van der Waals surface area contributed by atoms with E-state index in [0.717, 1.165) is 6.07 Å². The standard InChI is InChI=1S/C12H9FN4O3/c13-8-6-10(17(19)20)7(5-9(8)14)12(18)16-11-3-1-2-4-15-11/h1-6H,14H2,(H,15,16,18). The molecule has 0 unspecified atom stereocenters. The number of anilines is 2. The van der Waals surface area contributed by atoms with E-state index in [-0.39, 0.29) is 17.1 Å². The number of hydrogen-bond acceptors (Lipinski definition) is 5. The number of nitro benzene ring substituents is 1. The fourth-order valence-electron chi connectivity index (χ4n) is 1.53. The largest absolute Gasteiger partial charge is 0.396 e. The molecule has 1 amide bonds. The van der Waals surface area contributed by atoms with Gasteiger partial charge in [0.2, 0.25) is 0 Å². The normalized spacial score (nSPS) is 10.1. The van der Waals surface area contributed by atoms with Crippen LogP contribution in [0.5, 0.6) is 0 Å². The van der Waals surface area contributed by atoms with E-state index in [0.29, 0.717) is 6.07 Å². The lowest BCUT2D eigenvalue weighted by Crippen LogP contribution is -2.15. The summed E-state index contributed by atoms with van der Waals surface area (Å²) in [6.07, 6.45) is 1.45. The summed E-state index contributed by atoms with van der Waals surface area (Å²) in [6, 6.07) is 6.33. The molecule has 0 fully saturated rings. The Morgan fingerprint density at radius 1 is 1.40 bits per heavy atom. The quantitative estimate of drug-likeness (QED) is 0.505. The summed E-state index contributed by atoms with van der Waals surface area (Å²) < 4.78 is 13.2. The van der Waals surface area contributed by atoms with Crippen LogP contribution in [-0.2, 0) is 0 Å². The monoisotopic (exact) mass is 276 g/mol. The van der Waals surface area contributed by atoms with E-state index in [2.05, 4.69) is 10.3 Å². The van der Waals surface area contributed by atoms with Crippen molar-refractivity contribution in [3.63, 3.8) is 0 Å². The summed E-state index contributed by atoms with van der Waals surface area (Å²) in [7, 11) is 0. The highest BCUT2D eigenvalue weighted by atomic mass is 19.1. The number of nitrogens with two attached hydrogens (primary N) is 1. The molecule has 7 nitrogen and oxygen atoms in total. The third-order valence-corrected chi connectivity index (χ3v) is 2.46. The molecule has 0 spiro atoms. The molecule has 2 aromatic rings. The third-order valence-electron chi connectivity index (χ3n) is 2.46. The van der Waals surface area contributed by atoms with Crippen molar-refractivity contribution in [2.24, 2.45) is 0 Å². The number of rotatable bonds is 3. The Labute approximate surface area is 112 Å². The van der Waals surface area contributed by atoms with Gasteiger partial charge in [-0.1, -0.05) is 6.07 Å². The van der Waals surface area contributed by atoms with Crippen LogP contribution in [0.4, 0.5) is 21.6 Å². The second-order valence-electron chi connectivity index (χ2n) is 3.82. The second-order valence-corrected chi connectivity index (χ2v) is 3.82. The van der Waals surface area contributed by atoms with Gasteiger partial charge in [-0.3, -0.25) is 14.9 Å². The zero-order valence-electron chi connectivity index (χ0n) is 10.0. The van der Waals surface area contributed by atoms with Gasteiger partial charge in [0.05, 0.1) is 16.7 Å². The molecule has 3 N–H and O–H groups in total. The topological polar surface area (TPSA) is 111 Å². The summed E-state index contributed by atoms with van der Waals surface area (Å²) in [5, 5.41) is 13.2. The lowest BCUT2D eigenvalue weighted by atomic mass is 10.1. The molecule has 0 saturated heterocycles. The van der Waals surface area contributed by atoms with Crippen molar-refractivity contribution in [3.05, 3.63) is 58.0 Å². The van der Waals surface area contributed by atoms with Crippen LogP contribution in [0, 0.1) is 15.9 Å². The number of nitrogens with one attached hydrogen (secondary N) is 1. The summed E-state index contributed by atoms with van der Waals surface area (Å²) >= 11 is 0. The van der Waals surface area contributed by atoms with E-state index in [1.54, 1.807) is 12.1 Å². The molecule has 0 aliphatic rings. The smallest absolute Gasteiger partial charge is 0.285 e. The van der Waals surface area contributed by atoms with Crippen LogP contribution in [0.1, 0.15) is 10.4 Å².